The SMILES string of the molecule is O=C(Nc1nc(C(=O)NCC2CCCCC2)cs1)c1ccccc1. The Balaban J connectivity index is 1.52. The first-order valence-corrected chi connectivity index (χ1v) is 9.20. The lowest BCUT2D eigenvalue weighted by Crippen LogP contribution is -2.30. The van der Waals surface area contributed by atoms with E-state index >= 15 is 0 Å². The number of carbonyl (C=O) groups excluding carboxylic acids is 2. The Morgan fingerprint density at radius 1 is 1.08 bits per heavy atom. The fourth-order valence-corrected chi connectivity index (χ4v) is 3.60. The first kappa shape index (κ1) is 16.6. The van der Waals surface area contributed by atoms with Crippen LogP contribution in [-0.4, -0.2) is 23.3 Å². The maximum atomic E-state index is 12.2. The molecular formula is C18H21N3O2S. The van der Waals surface area contributed by atoms with E-state index < -0.39 is 0 Å². The Bertz CT molecular complexity index is 693. The van der Waals surface area contributed by atoms with E-state index in [1.807, 2.05) is 6.07 Å². The second-order valence-electron chi connectivity index (χ2n) is 6.07. The summed E-state index contributed by atoms with van der Waals surface area (Å²) >= 11 is 1.26. The van der Waals surface area contributed by atoms with Gasteiger partial charge >= 0.3 is 0 Å². The Kier molecular flexibility index (Phi) is 5.59. The van der Waals surface area contributed by atoms with Gasteiger partial charge in [-0.1, -0.05) is 37.5 Å². The number of hydrogen-bond donors (Lipinski definition) is 2. The monoisotopic (exact) mass is 343 g/mol. The van der Waals surface area contributed by atoms with E-state index in [4.69, 9.17) is 0 Å². The minimum Gasteiger partial charge on any atom is -0.350 e. The largest absolute Gasteiger partial charge is 0.350 e. The molecule has 1 fully saturated rings. The molecule has 0 saturated heterocycles. The summed E-state index contributed by atoms with van der Waals surface area (Å²) in [7, 11) is 0. The number of hydrogen-bond acceptors (Lipinski definition) is 4. The molecule has 24 heavy (non-hydrogen) atoms. The van der Waals surface area contributed by atoms with Crippen LogP contribution in [0.2, 0.25) is 0 Å². The Labute approximate surface area is 145 Å². The van der Waals surface area contributed by atoms with Crippen molar-refractivity contribution in [2.24, 2.45) is 5.92 Å². The van der Waals surface area contributed by atoms with Crippen molar-refractivity contribution < 1.29 is 9.59 Å². The standard InChI is InChI=1S/C18H21N3O2S/c22-16(14-9-5-2-6-10-14)21-18-20-15(12-24-18)17(23)19-11-13-7-3-1-4-8-13/h2,5-6,9-10,12-13H,1,3-4,7-8,11H2,(H,19,23)(H,20,21,22). The van der Waals surface area contributed by atoms with Crippen molar-refractivity contribution in [3.05, 3.63) is 47.0 Å². The second-order valence-corrected chi connectivity index (χ2v) is 6.93. The highest BCUT2D eigenvalue weighted by molar-refractivity contribution is 7.14. The van der Waals surface area contributed by atoms with Crippen LogP contribution >= 0.6 is 11.3 Å². The molecule has 0 spiro atoms. The van der Waals surface area contributed by atoms with E-state index in [2.05, 4.69) is 15.6 Å². The first-order chi connectivity index (χ1) is 11.7. The maximum absolute atomic E-state index is 12.2. The number of benzene rings is 1. The second kappa shape index (κ2) is 8.06. The predicted octanol–water partition coefficient (Wildman–Crippen LogP) is 3.71. The van der Waals surface area contributed by atoms with E-state index in [-0.39, 0.29) is 11.8 Å². The predicted molar refractivity (Wildman–Crippen MR) is 95.4 cm³/mol. The number of anilines is 1. The maximum Gasteiger partial charge on any atom is 0.270 e. The van der Waals surface area contributed by atoms with E-state index in [0.717, 1.165) is 0 Å². The van der Waals surface area contributed by atoms with Crippen molar-refractivity contribution in [3.8, 4) is 0 Å². The van der Waals surface area contributed by atoms with Crippen LogP contribution in [-0.2, 0) is 0 Å². The third kappa shape index (κ3) is 4.41. The summed E-state index contributed by atoms with van der Waals surface area (Å²) in [5, 5.41) is 7.80. The molecule has 6 heteroatoms. The van der Waals surface area contributed by atoms with Crippen molar-refractivity contribution in [3.63, 3.8) is 0 Å². The van der Waals surface area contributed by atoms with E-state index in [1.54, 1.807) is 29.6 Å². The topological polar surface area (TPSA) is 71.1 Å². The van der Waals surface area contributed by atoms with Crippen LogP contribution in [0.3, 0.4) is 0 Å². The fraction of sp³-hybridized carbons (Fsp3) is 0.389. The van der Waals surface area contributed by atoms with Gasteiger partial charge in [-0.3, -0.25) is 14.9 Å². The highest BCUT2D eigenvalue weighted by atomic mass is 32.1. The number of amides is 2. The molecule has 2 aromatic rings. The molecule has 0 atom stereocenters. The number of thiazole rings is 1. The molecule has 126 valence electrons. The third-order valence-electron chi connectivity index (χ3n) is 4.27. The molecule has 1 aliphatic rings. The molecule has 5 nitrogen and oxygen atoms in total. The highest BCUT2D eigenvalue weighted by Gasteiger charge is 2.17. The van der Waals surface area contributed by atoms with E-state index in [0.29, 0.717) is 28.9 Å². The summed E-state index contributed by atoms with van der Waals surface area (Å²) in [4.78, 5) is 28.5. The Morgan fingerprint density at radius 3 is 2.58 bits per heavy atom. The minimum atomic E-state index is -0.223. The number of rotatable bonds is 5. The van der Waals surface area contributed by atoms with Crippen molar-refractivity contribution in [2.75, 3.05) is 11.9 Å². The van der Waals surface area contributed by atoms with Gasteiger partial charge in [0.05, 0.1) is 0 Å². The molecular weight excluding hydrogens is 322 g/mol. The minimum absolute atomic E-state index is 0.169. The molecule has 1 heterocycles. The molecule has 1 aromatic carbocycles. The van der Waals surface area contributed by atoms with Crippen LogP contribution in [0.4, 0.5) is 5.13 Å². The van der Waals surface area contributed by atoms with Gasteiger partial charge in [0.15, 0.2) is 5.13 Å². The molecule has 1 aromatic heterocycles. The molecule has 2 amide bonds. The van der Waals surface area contributed by atoms with Crippen molar-refractivity contribution in [2.45, 2.75) is 32.1 Å². The van der Waals surface area contributed by atoms with Crippen LogP contribution in [0, 0.1) is 5.92 Å². The zero-order chi connectivity index (χ0) is 16.8. The number of carbonyl (C=O) groups is 2. The van der Waals surface area contributed by atoms with E-state index in [9.17, 15) is 9.59 Å². The molecule has 3 rings (SSSR count). The molecule has 2 N–H and O–H groups in total. The summed E-state index contributed by atoms with van der Waals surface area (Å²) in [6.07, 6.45) is 6.20. The lowest BCUT2D eigenvalue weighted by Gasteiger charge is -2.21. The van der Waals surface area contributed by atoms with Gasteiger partial charge in [0.1, 0.15) is 5.69 Å². The smallest absolute Gasteiger partial charge is 0.270 e. The van der Waals surface area contributed by atoms with Gasteiger partial charge in [-0.15, -0.1) is 11.3 Å². The first-order valence-electron chi connectivity index (χ1n) is 8.32. The van der Waals surface area contributed by atoms with Crippen molar-refractivity contribution in [1.82, 2.24) is 10.3 Å². The Hall–Kier alpha value is -2.21. The summed E-state index contributed by atoms with van der Waals surface area (Å²) in [5.74, 6) is 0.190. The number of aromatic nitrogens is 1. The van der Waals surface area contributed by atoms with Crippen LogP contribution in [0.1, 0.15) is 53.0 Å². The zero-order valence-electron chi connectivity index (χ0n) is 13.5. The van der Waals surface area contributed by atoms with Crippen LogP contribution in [0.15, 0.2) is 35.7 Å². The molecule has 0 bridgehead atoms. The van der Waals surface area contributed by atoms with Crippen LogP contribution < -0.4 is 10.6 Å². The van der Waals surface area contributed by atoms with Gasteiger partial charge in [0.25, 0.3) is 11.8 Å². The number of nitrogens with zero attached hydrogens (tertiary/aromatic N) is 1. The van der Waals surface area contributed by atoms with Gasteiger partial charge in [-0.2, -0.15) is 0 Å². The third-order valence-corrected chi connectivity index (χ3v) is 5.03. The van der Waals surface area contributed by atoms with Crippen molar-refractivity contribution >= 4 is 28.3 Å². The van der Waals surface area contributed by atoms with Gasteiger partial charge in [-0.25, -0.2) is 4.98 Å². The quantitative estimate of drug-likeness (QED) is 0.869. The van der Waals surface area contributed by atoms with Gasteiger partial charge in [0.2, 0.25) is 0 Å². The molecule has 0 radical (unpaired) electrons. The van der Waals surface area contributed by atoms with Gasteiger partial charge < -0.3 is 5.32 Å². The van der Waals surface area contributed by atoms with Crippen LogP contribution in [0.25, 0.3) is 0 Å². The van der Waals surface area contributed by atoms with E-state index in [1.165, 1.54) is 43.4 Å². The van der Waals surface area contributed by atoms with Crippen molar-refractivity contribution in [1.29, 1.82) is 0 Å². The Morgan fingerprint density at radius 2 is 1.83 bits per heavy atom. The molecule has 1 aliphatic carbocycles. The average Bonchev–Trinajstić information content (AvgIpc) is 3.10. The summed E-state index contributed by atoms with van der Waals surface area (Å²) in [6, 6.07) is 8.94. The summed E-state index contributed by atoms with van der Waals surface area (Å²) < 4.78 is 0. The zero-order valence-corrected chi connectivity index (χ0v) is 14.3. The summed E-state index contributed by atoms with van der Waals surface area (Å²) in [5.41, 5.74) is 0.926. The molecule has 1 saturated carbocycles. The molecule has 0 aliphatic heterocycles. The number of nitrogens with one attached hydrogen (secondary N) is 2. The fourth-order valence-electron chi connectivity index (χ4n) is 2.91. The molecule has 0 unspecified atom stereocenters. The lowest BCUT2D eigenvalue weighted by atomic mass is 9.89. The normalized spacial score (nSPS) is 15.0. The highest BCUT2D eigenvalue weighted by Crippen LogP contribution is 2.23. The summed E-state index contributed by atoms with van der Waals surface area (Å²) in [6.45, 7) is 0.710. The average molecular weight is 343 g/mol. The van der Waals surface area contributed by atoms with Gasteiger partial charge in [-0.05, 0) is 30.9 Å². The van der Waals surface area contributed by atoms with Crippen LogP contribution in [0.5, 0.6) is 0 Å². The van der Waals surface area contributed by atoms with Gasteiger partial charge in [0, 0.05) is 17.5 Å². The lowest BCUT2D eigenvalue weighted by molar-refractivity contribution is 0.0938.